The van der Waals surface area contributed by atoms with Crippen LogP contribution in [0.1, 0.15) is 25.5 Å². The van der Waals surface area contributed by atoms with E-state index in [-0.39, 0.29) is 24.3 Å². The van der Waals surface area contributed by atoms with Crippen LogP contribution >= 0.6 is 11.3 Å². The molecule has 1 unspecified atom stereocenters. The molecule has 2 heterocycles. The van der Waals surface area contributed by atoms with Gasteiger partial charge in [0.1, 0.15) is 0 Å². The van der Waals surface area contributed by atoms with E-state index < -0.39 is 0 Å². The highest BCUT2D eigenvalue weighted by atomic mass is 32.1. The van der Waals surface area contributed by atoms with Crippen molar-refractivity contribution in [1.29, 1.82) is 0 Å². The molecule has 0 aromatic carbocycles. The van der Waals surface area contributed by atoms with Gasteiger partial charge in [0, 0.05) is 24.4 Å². The van der Waals surface area contributed by atoms with Crippen LogP contribution in [0, 0.1) is 0 Å². The minimum absolute atomic E-state index is 0.105. The Morgan fingerprint density at radius 1 is 1.68 bits per heavy atom. The third-order valence-electron chi connectivity index (χ3n) is 2.77. The molecule has 0 saturated carbocycles. The van der Waals surface area contributed by atoms with Gasteiger partial charge in [-0.1, -0.05) is 0 Å². The van der Waals surface area contributed by atoms with Gasteiger partial charge >= 0.3 is 5.97 Å². The zero-order chi connectivity index (χ0) is 13.7. The van der Waals surface area contributed by atoms with Crippen molar-refractivity contribution in [3.8, 4) is 0 Å². The van der Waals surface area contributed by atoms with Crippen molar-refractivity contribution in [3.05, 3.63) is 11.1 Å². The lowest BCUT2D eigenvalue weighted by atomic mass is 10.2. The number of anilines is 1. The molecule has 1 saturated heterocycles. The van der Waals surface area contributed by atoms with Crippen molar-refractivity contribution >= 4 is 28.3 Å². The second-order valence-electron chi connectivity index (χ2n) is 4.31. The van der Waals surface area contributed by atoms with Crippen molar-refractivity contribution in [2.45, 2.75) is 32.2 Å². The van der Waals surface area contributed by atoms with Crippen molar-refractivity contribution in [1.82, 2.24) is 10.3 Å². The molecule has 7 heteroatoms. The molecule has 0 radical (unpaired) electrons. The average molecular weight is 283 g/mol. The topological polar surface area (TPSA) is 80.3 Å². The first-order valence-corrected chi connectivity index (χ1v) is 7.18. The highest BCUT2D eigenvalue weighted by Crippen LogP contribution is 2.17. The fourth-order valence-corrected chi connectivity index (χ4v) is 2.59. The van der Waals surface area contributed by atoms with Gasteiger partial charge in [-0.25, -0.2) is 4.98 Å². The lowest BCUT2D eigenvalue weighted by molar-refractivity contribution is -0.142. The van der Waals surface area contributed by atoms with Crippen LogP contribution in [-0.4, -0.2) is 36.1 Å². The largest absolute Gasteiger partial charge is 0.466 e. The maximum absolute atomic E-state index is 11.3. The van der Waals surface area contributed by atoms with Crippen molar-refractivity contribution in [2.75, 3.05) is 18.5 Å². The Bertz CT molecular complexity index is 461. The molecule has 1 amide bonds. The van der Waals surface area contributed by atoms with E-state index in [1.54, 1.807) is 6.92 Å². The monoisotopic (exact) mass is 283 g/mol. The van der Waals surface area contributed by atoms with Crippen LogP contribution < -0.4 is 10.6 Å². The molecule has 2 rings (SSSR count). The summed E-state index contributed by atoms with van der Waals surface area (Å²) in [5.74, 6) is -0.156. The fourth-order valence-electron chi connectivity index (χ4n) is 1.87. The highest BCUT2D eigenvalue weighted by molar-refractivity contribution is 7.13. The molecule has 0 bridgehead atoms. The zero-order valence-electron chi connectivity index (χ0n) is 10.8. The third kappa shape index (κ3) is 4.20. The van der Waals surface area contributed by atoms with E-state index in [9.17, 15) is 9.59 Å². The molecule has 1 fully saturated rings. The van der Waals surface area contributed by atoms with Crippen LogP contribution in [0.15, 0.2) is 5.38 Å². The van der Waals surface area contributed by atoms with Crippen molar-refractivity contribution < 1.29 is 14.3 Å². The zero-order valence-corrected chi connectivity index (χ0v) is 11.6. The van der Waals surface area contributed by atoms with Gasteiger partial charge in [-0.15, -0.1) is 11.3 Å². The predicted octanol–water partition coefficient (Wildman–Crippen LogP) is 0.939. The quantitative estimate of drug-likeness (QED) is 0.759. The van der Waals surface area contributed by atoms with Gasteiger partial charge in [0.05, 0.1) is 18.7 Å². The Balaban J connectivity index is 1.77. The summed E-state index contributed by atoms with van der Waals surface area (Å²) in [6.07, 6.45) is 1.65. The maximum atomic E-state index is 11.3. The Morgan fingerprint density at radius 3 is 3.21 bits per heavy atom. The first-order chi connectivity index (χ1) is 9.17. The summed E-state index contributed by atoms with van der Waals surface area (Å²) in [4.78, 5) is 26.7. The van der Waals surface area contributed by atoms with Crippen LogP contribution in [0.5, 0.6) is 0 Å². The first kappa shape index (κ1) is 13.8. The smallest absolute Gasteiger partial charge is 0.311 e. The molecule has 1 atom stereocenters. The van der Waals surface area contributed by atoms with E-state index in [2.05, 4.69) is 15.6 Å². The van der Waals surface area contributed by atoms with E-state index in [0.717, 1.165) is 11.6 Å². The Hall–Kier alpha value is -1.63. The van der Waals surface area contributed by atoms with Gasteiger partial charge in [0.25, 0.3) is 0 Å². The molecular weight excluding hydrogens is 266 g/mol. The molecule has 0 aliphatic carbocycles. The van der Waals surface area contributed by atoms with Crippen LogP contribution in [0.25, 0.3) is 0 Å². The molecule has 0 spiro atoms. The number of thiazole rings is 1. The minimum atomic E-state index is -0.262. The number of carbonyl (C=O) groups is 2. The summed E-state index contributed by atoms with van der Waals surface area (Å²) in [7, 11) is 0. The van der Waals surface area contributed by atoms with Crippen molar-refractivity contribution in [3.63, 3.8) is 0 Å². The van der Waals surface area contributed by atoms with E-state index in [1.165, 1.54) is 11.3 Å². The Labute approximate surface area is 115 Å². The molecule has 19 heavy (non-hydrogen) atoms. The normalized spacial score (nSPS) is 18.2. The Kier molecular flexibility index (Phi) is 4.73. The summed E-state index contributed by atoms with van der Waals surface area (Å²) in [5, 5.41) is 8.66. The van der Waals surface area contributed by atoms with Gasteiger partial charge in [-0.2, -0.15) is 0 Å². The van der Waals surface area contributed by atoms with Gasteiger partial charge < -0.3 is 15.4 Å². The molecule has 1 aliphatic rings. The second kappa shape index (κ2) is 6.51. The molecule has 2 N–H and O–H groups in total. The molecule has 1 aromatic rings. The summed E-state index contributed by atoms with van der Waals surface area (Å²) in [6.45, 7) is 2.83. The number of nitrogens with zero attached hydrogens (tertiary/aromatic N) is 1. The van der Waals surface area contributed by atoms with E-state index in [4.69, 9.17) is 4.74 Å². The summed E-state index contributed by atoms with van der Waals surface area (Å²) < 4.78 is 4.87. The number of esters is 1. The second-order valence-corrected chi connectivity index (χ2v) is 5.17. The maximum Gasteiger partial charge on any atom is 0.311 e. The van der Waals surface area contributed by atoms with E-state index in [0.29, 0.717) is 25.3 Å². The highest BCUT2D eigenvalue weighted by Gasteiger charge is 2.20. The van der Waals surface area contributed by atoms with Crippen LogP contribution in [0.4, 0.5) is 5.13 Å². The predicted molar refractivity (Wildman–Crippen MR) is 72.1 cm³/mol. The summed E-state index contributed by atoms with van der Waals surface area (Å²) in [6, 6.07) is 0.171. The molecule has 6 nitrogen and oxygen atoms in total. The Morgan fingerprint density at radius 2 is 2.53 bits per heavy atom. The number of ether oxygens (including phenoxy) is 1. The van der Waals surface area contributed by atoms with Crippen LogP contribution in [-0.2, 0) is 20.7 Å². The minimum Gasteiger partial charge on any atom is -0.466 e. The molecule has 1 aromatic heterocycles. The number of hydrogen-bond acceptors (Lipinski definition) is 6. The lowest BCUT2D eigenvalue weighted by Gasteiger charge is -2.09. The third-order valence-corrected chi connectivity index (χ3v) is 3.62. The number of nitrogens with one attached hydrogen (secondary N) is 2. The van der Waals surface area contributed by atoms with Gasteiger partial charge in [0.2, 0.25) is 5.91 Å². The van der Waals surface area contributed by atoms with Gasteiger partial charge in [0.15, 0.2) is 5.13 Å². The lowest BCUT2D eigenvalue weighted by Crippen LogP contribution is -2.31. The van der Waals surface area contributed by atoms with Crippen molar-refractivity contribution in [2.24, 2.45) is 0 Å². The summed E-state index contributed by atoms with van der Waals surface area (Å²) >= 11 is 1.45. The molecule has 104 valence electrons. The number of rotatable bonds is 6. The number of amides is 1. The van der Waals surface area contributed by atoms with Crippen LogP contribution in [0.2, 0.25) is 0 Å². The summed E-state index contributed by atoms with van der Waals surface area (Å²) in [5.41, 5.74) is 0.710. The number of carbonyl (C=O) groups excluding carboxylic acids is 2. The SMILES string of the molecule is CCOC(=O)Cc1csc(NCC2CCC(=O)N2)n1. The number of hydrogen-bond donors (Lipinski definition) is 2. The molecule has 1 aliphatic heterocycles. The first-order valence-electron chi connectivity index (χ1n) is 6.30. The molecular formula is C12H17N3O3S. The van der Waals surface area contributed by atoms with Gasteiger partial charge in [-0.05, 0) is 13.3 Å². The van der Waals surface area contributed by atoms with Gasteiger partial charge in [-0.3, -0.25) is 9.59 Å². The van der Waals surface area contributed by atoms with Crippen LogP contribution in [0.3, 0.4) is 0 Å². The standard InChI is InChI=1S/C12H17N3O3S/c1-2-18-11(17)5-9-7-19-12(15-9)13-6-8-3-4-10(16)14-8/h7-8H,2-6H2,1H3,(H,13,15)(H,14,16). The van der Waals surface area contributed by atoms with E-state index in [1.807, 2.05) is 5.38 Å². The van der Waals surface area contributed by atoms with E-state index >= 15 is 0 Å². The number of aromatic nitrogens is 1. The average Bonchev–Trinajstić information content (AvgIpc) is 2.96. The fraction of sp³-hybridized carbons (Fsp3) is 0.583.